The fraction of sp³-hybridized carbons (Fsp3) is 0.462. The molecule has 0 bridgehead atoms. The first kappa shape index (κ1) is 10.2. The van der Waals surface area contributed by atoms with Crippen LogP contribution in [-0.2, 0) is 0 Å². The van der Waals surface area contributed by atoms with Crippen LogP contribution in [0.3, 0.4) is 0 Å². The maximum atomic E-state index is 12.1. The van der Waals surface area contributed by atoms with Gasteiger partial charge in [0.15, 0.2) is 5.78 Å². The van der Waals surface area contributed by atoms with E-state index in [0.717, 1.165) is 24.2 Å². The molecule has 0 spiro atoms. The highest BCUT2D eigenvalue weighted by Gasteiger charge is 2.34. The number of benzene rings is 1. The molecule has 1 aliphatic rings. The Kier molecular flexibility index (Phi) is 2.76. The molecule has 2 heteroatoms. The number of Topliss-reactive ketones (excluding diaryl/α,β-unsaturated/α-hetero) is 1. The Morgan fingerprint density at radius 1 is 1.20 bits per heavy atom. The molecule has 0 aliphatic carbocycles. The minimum absolute atomic E-state index is 0.0323. The van der Waals surface area contributed by atoms with Crippen molar-refractivity contribution in [1.82, 2.24) is 0 Å². The van der Waals surface area contributed by atoms with Gasteiger partial charge in [0.2, 0.25) is 0 Å². The fourth-order valence-electron chi connectivity index (χ4n) is 2.20. The van der Waals surface area contributed by atoms with Crippen LogP contribution >= 0.6 is 0 Å². The molecular formula is C13H16O2. The van der Waals surface area contributed by atoms with Gasteiger partial charge >= 0.3 is 0 Å². The average molecular weight is 204 g/mol. The van der Waals surface area contributed by atoms with Crippen molar-refractivity contribution in [2.75, 3.05) is 0 Å². The lowest BCUT2D eigenvalue weighted by atomic mass is 9.86. The van der Waals surface area contributed by atoms with Gasteiger partial charge in [-0.3, -0.25) is 4.79 Å². The van der Waals surface area contributed by atoms with Crippen LogP contribution in [0.5, 0.6) is 5.75 Å². The lowest BCUT2D eigenvalue weighted by Crippen LogP contribution is -2.36. The molecular weight excluding hydrogens is 188 g/mol. The molecule has 0 fully saturated rings. The summed E-state index contributed by atoms with van der Waals surface area (Å²) in [4.78, 5) is 12.1. The molecule has 2 rings (SSSR count). The quantitative estimate of drug-likeness (QED) is 0.740. The second-order valence-electron chi connectivity index (χ2n) is 3.94. The van der Waals surface area contributed by atoms with Gasteiger partial charge in [-0.25, -0.2) is 0 Å². The zero-order chi connectivity index (χ0) is 10.8. The van der Waals surface area contributed by atoms with Gasteiger partial charge in [0, 0.05) is 0 Å². The van der Waals surface area contributed by atoms with Gasteiger partial charge in [0.25, 0.3) is 0 Å². The van der Waals surface area contributed by atoms with Gasteiger partial charge in [-0.2, -0.15) is 0 Å². The molecule has 0 radical (unpaired) electrons. The Morgan fingerprint density at radius 3 is 2.60 bits per heavy atom. The smallest absolute Gasteiger partial charge is 0.173 e. The summed E-state index contributed by atoms with van der Waals surface area (Å²) in [6.45, 7) is 4.11. The molecule has 1 aromatic carbocycles. The van der Waals surface area contributed by atoms with Crippen molar-refractivity contribution in [3.63, 3.8) is 0 Å². The predicted molar refractivity (Wildman–Crippen MR) is 59.3 cm³/mol. The third-order valence-corrected chi connectivity index (χ3v) is 3.06. The molecule has 0 saturated heterocycles. The number of rotatable bonds is 2. The van der Waals surface area contributed by atoms with E-state index in [1.54, 1.807) is 0 Å². The van der Waals surface area contributed by atoms with E-state index in [4.69, 9.17) is 4.74 Å². The zero-order valence-electron chi connectivity index (χ0n) is 9.19. The first-order valence-electron chi connectivity index (χ1n) is 5.57. The van der Waals surface area contributed by atoms with Crippen LogP contribution < -0.4 is 4.74 Å². The van der Waals surface area contributed by atoms with Gasteiger partial charge in [-0.05, 0) is 25.0 Å². The van der Waals surface area contributed by atoms with Crippen molar-refractivity contribution in [1.29, 1.82) is 0 Å². The van der Waals surface area contributed by atoms with Crippen LogP contribution in [0.25, 0.3) is 0 Å². The monoisotopic (exact) mass is 204 g/mol. The Hall–Kier alpha value is -1.31. The van der Waals surface area contributed by atoms with Crippen molar-refractivity contribution in [3.8, 4) is 5.75 Å². The van der Waals surface area contributed by atoms with Crippen molar-refractivity contribution in [2.45, 2.75) is 32.8 Å². The van der Waals surface area contributed by atoms with Crippen LogP contribution in [0.4, 0.5) is 0 Å². The molecule has 0 N–H and O–H groups in total. The Morgan fingerprint density at radius 2 is 1.93 bits per heavy atom. The van der Waals surface area contributed by atoms with E-state index in [2.05, 4.69) is 6.92 Å². The number of carbonyl (C=O) groups excluding carboxylic acids is 1. The summed E-state index contributed by atoms with van der Waals surface area (Å²) >= 11 is 0. The fourth-order valence-corrected chi connectivity index (χ4v) is 2.20. The number of hydrogen-bond donors (Lipinski definition) is 0. The van der Waals surface area contributed by atoms with Gasteiger partial charge in [-0.1, -0.05) is 26.0 Å². The summed E-state index contributed by atoms with van der Waals surface area (Å²) in [5.74, 6) is 1.02. The standard InChI is InChI=1S/C13H16O2/c1-3-9-11(4-2)15-12-8-6-5-7-10(12)13(9)14/h5-9,11H,3-4H2,1-2H3/t9-,11-/m1/s1. The molecule has 0 amide bonds. The largest absolute Gasteiger partial charge is 0.489 e. The summed E-state index contributed by atoms with van der Waals surface area (Å²) in [5, 5.41) is 0. The van der Waals surface area contributed by atoms with Crippen molar-refractivity contribution in [2.24, 2.45) is 5.92 Å². The van der Waals surface area contributed by atoms with Crippen molar-refractivity contribution < 1.29 is 9.53 Å². The molecule has 1 aliphatic heterocycles. The van der Waals surface area contributed by atoms with Gasteiger partial charge in [0.05, 0.1) is 11.5 Å². The molecule has 0 unspecified atom stereocenters. The molecule has 0 aromatic heterocycles. The summed E-state index contributed by atoms with van der Waals surface area (Å²) in [5.41, 5.74) is 0.744. The van der Waals surface area contributed by atoms with Gasteiger partial charge in [0.1, 0.15) is 11.9 Å². The van der Waals surface area contributed by atoms with E-state index in [9.17, 15) is 4.79 Å². The molecule has 2 atom stereocenters. The first-order valence-corrected chi connectivity index (χ1v) is 5.57. The first-order chi connectivity index (χ1) is 7.27. The molecule has 2 nitrogen and oxygen atoms in total. The van der Waals surface area contributed by atoms with Crippen molar-refractivity contribution in [3.05, 3.63) is 29.8 Å². The topological polar surface area (TPSA) is 26.3 Å². The Balaban J connectivity index is 2.40. The van der Waals surface area contributed by atoms with E-state index < -0.39 is 0 Å². The summed E-state index contributed by atoms with van der Waals surface area (Å²) in [6, 6.07) is 7.53. The van der Waals surface area contributed by atoms with E-state index in [0.29, 0.717) is 0 Å². The maximum absolute atomic E-state index is 12.1. The summed E-state index contributed by atoms with van der Waals surface area (Å²) < 4.78 is 5.83. The van der Waals surface area contributed by atoms with Crippen molar-refractivity contribution >= 4 is 5.78 Å². The van der Waals surface area contributed by atoms with Gasteiger partial charge in [-0.15, -0.1) is 0 Å². The molecule has 80 valence electrons. The van der Waals surface area contributed by atoms with E-state index in [1.165, 1.54) is 0 Å². The molecule has 1 aromatic rings. The van der Waals surface area contributed by atoms with Gasteiger partial charge < -0.3 is 4.74 Å². The highest BCUT2D eigenvalue weighted by molar-refractivity contribution is 6.01. The van der Waals surface area contributed by atoms with Crippen LogP contribution in [0.1, 0.15) is 37.0 Å². The Labute approximate surface area is 90.3 Å². The predicted octanol–water partition coefficient (Wildman–Crippen LogP) is 3.07. The molecule has 1 heterocycles. The number of ether oxygens (including phenoxy) is 1. The van der Waals surface area contributed by atoms with E-state index in [1.807, 2.05) is 31.2 Å². The number of fused-ring (bicyclic) bond motifs is 1. The third-order valence-electron chi connectivity index (χ3n) is 3.06. The second-order valence-corrected chi connectivity index (χ2v) is 3.94. The Bertz CT molecular complexity index is 371. The maximum Gasteiger partial charge on any atom is 0.173 e. The number of hydrogen-bond acceptors (Lipinski definition) is 2. The lowest BCUT2D eigenvalue weighted by Gasteiger charge is -2.31. The van der Waals surface area contributed by atoms with E-state index in [-0.39, 0.29) is 17.8 Å². The average Bonchev–Trinajstić information content (AvgIpc) is 2.29. The number of para-hydroxylation sites is 1. The third kappa shape index (κ3) is 1.65. The molecule has 0 saturated carbocycles. The zero-order valence-corrected chi connectivity index (χ0v) is 9.19. The highest BCUT2D eigenvalue weighted by Crippen LogP contribution is 2.33. The normalized spacial score (nSPS) is 24.5. The SMILES string of the molecule is CC[C@H]1Oc2ccccc2C(=O)[C@@H]1CC. The second kappa shape index (κ2) is 4.05. The minimum Gasteiger partial charge on any atom is -0.489 e. The summed E-state index contributed by atoms with van der Waals surface area (Å²) in [6.07, 6.45) is 1.79. The van der Waals surface area contributed by atoms with E-state index >= 15 is 0 Å². The van der Waals surface area contributed by atoms with Crippen LogP contribution in [0.15, 0.2) is 24.3 Å². The lowest BCUT2D eigenvalue weighted by molar-refractivity contribution is 0.0640. The van der Waals surface area contributed by atoms with Crippen LogP contribution in [0, 0.1) is 5.92 Å². The number of carbonyl (C=O) groups is 1. The molecule has 15 heavy (non-hydrogen) atoms. The van der Waals surface area contributed by atoms with Crippen LogP contribution in [-0.4, -0.2) is 11.9 Å². The summed E-state index contributed by atoms with van der Waals surface area (Å²) in [7, 11) is 0. The highest BCUT2D eigenvalue weighted by atomic mass is 16.5. The van der Waals surface area contributed by atoms with Crippen LogP contribution in [0.2, 0.25) is 0 Å². The minimum atomic E-state index is 0.0323. The number of ketones is 1.